The fourth-order valence-electron chi connectivity index (χ4n) is 1.25. The third kappa shape index (κ3) is 3.67. The van der Waals surface area contributed by atoms with Gasteiger partial charge in [0.25, 0.3) is 10.1 Å². The number of carbonyl (C=O) groups excluding carboxylic acids is 1. The summed E-state index contributed by atoms with van der Waals surface area (Å²) in [5.74, 6) is 0. The molecule has 0 aliphatic carbocycles. The number of carbonyl (C=O) groups is 1. The monoisotopic (exact) mass is 237 g/mol. The Hall–Kier alpha value is -0.820. The van der Waals surface area contributed by atoms with Crippen LogP contribution in [0.4, 0.5) is 4.79 Å². The van der Waals surface area contributed by atoms with E-state index in [-0.39, 0.29) is 12.6 Å². The second-order valence-corrected chi connectivity index (χ2v) is 5.38. The summed E-state index contributed by atoms with van der Waals surface area (Å²) < 4.78 is 30.9. The normalized spacial score (nSPS) is 22.3. The van der Waals surface area contributed by atoms with Crippen LogP contribution in [0.25, 0.3) is 0 Å². The van der Waals surface area contributed by atoms with Gasteiger partial charge in [-0.25, -0.2) is 4.79 Å². The fraction of sp³-hybridized carbons (Fsp3) is 0.875. The van der Waals surface area contributed by atoms with Gasteiger partial charge in [-0.2, -0.15) is 8.42 Å². The molecule has 0 N–H and O–H groups in total. The van der Waals surface area contributed by atoms with Crippen LogP contribution in [0.15, 0.2) is 0 Å². The van der Waals surface area contributed by atoms with Crippen molar-refractivity contribution in [3.63, 3.8) is 0 Å². The van der Waals surface area contributed by atoms with Crippen LogP contribution in [0.2, 0.25) is 0 Å². The Bertz CT molecular complexity index is 337. The summed E-state index contributed by atoms with van der Waals surface area (Å²) in [5, 5.41) is 0. The highest BCUT2D eigenvalue weighted by atomic mass is 32.2. The summed E-state index contributed by atoms with van der Waals surface area (Å²) in [5.41, 5.74) is 0. The number of rotatable bonds is 4. The van der Waals surface area contributed by atoms with Gasteiger partial charge in [0.1, 0.15) is 12.7 Å². The molecule has 1 saturated heterocycles. The first-order valence-corrected chi connectivity index (χ1v) is 6.43. The van der Waals surface area contributed by atoms with E-state index in [1.54, 1.807) is 0 Å². The van der Waals surface area contributed by atoms with Crippen molar-refractivity contribution in [2.45, 2.75) is 26.0 Å². The van der Waals surface area contributed by atoms with E-state index in [0.717, 1.165) is 6.26 Å². The van der Waals surface area contributed by atoms with E-state index in [0.29, 0.717) is 6.54 Å². The van der Waals surface area contributed by atoms with Crippen LogP contribution in [0.3, 0.4) is 0 Å². The molecule has 0 aromatic heterocycles. The Morgan fingerprint density at radius 1 is 1.60 bits per heavy atom. The predicted octanol–water partition coefficient (Wildman–Crippen LogP) is 0.192. The Morgan fingerprint density at radius 3 is 2.60 bits per heavy atom. The Labute approximate surface area is 89.3 Å². The molecule has 1 heterocycles. The zero-order valence-electron chi connectivity index (χ0n) is 8.97. The van der Waals surface area contributed by atoms with E-state index in [1.165, 1.54) is 4.90 Å². The van der Waals surface area contributed by atoms with Crippen LogP contribution in [0.5, 0.6) is 0 Å². The first-order valence-electron chi connectivity index (χ1n) is 4.61. The predicted molar refractivity (Wildman–Crippen MR) is 52.9 cm³/mol. The minimum absolute atomic E-state index is 0.0423. The quantitative estimate of drug-likeness (QED) is 0.653. The molecule has 88 valence electrons. The molecule has 0 unspecified atom stereocenters. The summed E-state index contributed by atoms with van der Waals surface area (Å²) in [6, 6.07) is 0.0423. The van der Waals surface area contributed by atoms with Crippen LogP contribution >= 0.6 is 0 Å². The largest absolute Gasteiger partial charge is 0.442 e. The third-order valence-electron chi connectivity index (χ3n) is 1.99. The highest BCUT2D eigenvalue weighted by molar-refractivity contribution is 7.85. The maximum Gasteiger partial charge on any atom is 0.410 e. The first kappa shape index (κ1) is 12.3. The van der Waals surface area contributed by atoms with Gasteiger partial charge in [0.2, 0.25) is 0 Å². The van der Waals surface area contributed by atoms with Crippen LogP contribution in [0, 0.1) is 0 Å². The van der Waals surface area contributed by atoms with Gasteiger partial charge >= 0.3 is 6.09 Å². The van der Waals surface area contributed by atoms with Gasteiger partial charge in [-0.15, -0.1) is 0 Å². The summed E-state index contributed by atoms with van der Waals surface area (Å²) in [6.45, 7) is 3.97. The van der Waals surface area contributed by atoms with Gasteiger partial charge in [-0.1, -0.05) is 0 Å². The van der Waals surface area contributed by atoms with Gasteiger partial charge in [0.05, 0.1) is 12.8 Å². The molecular formula is C8H15NO5S. The molecule has 0 bridgehead atoms. The zero-order chi connectivity index (χ0) is 11.6. The molecule has 1 fully saturated rings. The molecule has 1 aliphatic heterocycles. The number of hydrogen-bond acceptors (Lipinski definition) is 5. The standard InChI is InChI=1S/C8H15NO5S/c1-6(2)9-4-7(14-8(9)10)5-13-15(3,11)12/h6-7H,4-5H2,1-3H3/t7-/m0/s1. The molecule has 0 saturated carbocycles. The van der Waals surface area contributed by atoms with E-state index in [9.17, 15) is 13.2 Å². The molecule has 1 atom stereocenters. The molecule has 1 rings (SSSR count). The van der Waals surface area contributed by atoms with Crippen molar-refractivity contribution in [3.8, 4) is 0 Å². The second kappa shape index (κ2) is 4.36. The average Bonchev–Trinajstić information content (AvgIpc) is 2.42. The van der Waals surface area contributed by atoms with Gasteiger partial charge < -0.3 is 9.64 Å². The molecule has 6 nitrogen and oxygen atoms in total. The van der Waals surface area contributed by atoms with Crippen molar-refractivity contribution < 1.29 is 22.1 Å². The SMILES string of the molecule is CC(C)N1C[C@@H](COS(C)(=O)=O)OC1=O. The van der Waals surface area contributed by atoms with Gasteiger partial charge in [0, 0.05) is 6.04 Å². The maximum absolute atomic E-state index is 11.2. The summed E-state index contributed by atoms with van der Waals surface area (Å²) in [4.78, 5) is 12.8. The maximum atomic E-state index is 11.2. The van der Waals surface area contributed by atoms with E-state index in [2.05, 4.69) is 4.18 Å². The van der Waals surface area contributed by atoms with Crippen molar-refractivity contribution in [2.24, 2.45) is 0 Å². The average molecular weight is 237 g/mol. The van der Waals surface area contributed by atoms with Crippen molar-refractivity contribution in [3.05, 3.63) is 0 Å². The Kier molecular flexibility index (Phi) is 3.56. The van der Waals surface area contributed by atoms with Gasteiger partial charge in [0.15, 0.2) is 0 Å². The van der Waals surface area contributed by atoms with E-state index >= 15 is 0 Å². The molecule has 0 radical (unpaired) electrons. The van der Waals surface area contributed by atoms with Crippen molar-refractivity contribution in [2.75, 3.05) is 19.4 Å². The summed E-state index contributed by atoms with van der Waals surface area (Å²) >= 11 is 0. The minimum Gasteiger partial charge on any atom is -0.442 e. The van der Waals surface area contributed by atoms with Gasteiger partial charge in [-0.05, 0) is 13.8 Å². The highest BCUT2D eigenvalue weighted by Gasteiger charge is 2.33. The van der Waals surface area contributed by atoms with E-state index < -0.39 is 22.3 Å². The first-order chi connectivity index (χ1) is 6.79. The minimum atomic E-state index is -3.48. The van der Waals surface area contributed by atoms with Crippen molar-refractivity contribution in [1.82, 2.24) is 4.90 Å². The second-order valence-electron chi connectivity index (χ2n) is 3.74. The number of hydrogen-bond donors (Lipinski definition) is 0. The third-order valence-corrected chi connectivity index (χ3v) is 2.56. The number of cyclic esters (lactones) is 1. The van der Waals surface area contributed by atoms with E-state index in [4.69, 9.17) is 4.74 Å². The zero-order valence-corrected chi connectivity index (χ0v) is 9.78. The lowest BCUT2D eigenvalue weighted by Crippen LogP contribution is -2.32. The van der Waals surface area contributed by atoms with Crippen LogP contribution in [0.1, 0.15) is 13.8 Å². The molecule has 1 aliphatic rings. The smallest absolute Gasteiger partial charge is 0.410 e. The lowest BCUT2D eigenvalue weighted by atomic mass is 10.3. The van der Waals surface area contributed by atoms with Crippen LogP contribution in [-0.4, -0.2) is 51.0 Å². The Balaban J connectivity index is 2.46. The Morgan fingerprint density at radius 2 is 2.20 bits per heavy atom. The summed E-state index contributed by atoms with van der Waals surface area (Å²) in [7, 11) is -3.48. The fourth-order valence-corrected chi connectivity index (χ4v) is 1.65. The topological polar surface area (TPSA) is 72.9 Å². The number of ether oxygens (including phenoxy) is 1. The van der Waals surface area contributed by atoms with Crippen molar-refractivity contribution in [1.29, 1.82) is 0 Å². The molecule has 0 aromatic carbocycles. The summed E-state index contributed by atoms with van der Waals surface area (Å²) in [6.07, 6.45) is 0.0333. The van der Waals surface area contributed by atoms with Crippen LogP contribution in [-0.2, 0) is 19.0 Å². The molecule has 15 heavy (non-hydrogen) atoms. The molecule has 0 spiro atoms. The van der Waals surface area contributed by atoms with Crippen molar-refractivity contribution >= 4 is 16.2 Å². The molecule has 1 amide bonds. The molecular weight excluding hydrogens is 222 g/mol. The molecule has 0 aromatic rings. The van der Waals surface area contributed by atoms with Crippen LogP contribution < -0.4 is 0 Å². The molecule has 7 heteroatoms. The van der Waals surface area contributed by atoms with E-state index in [1.807, 2.05) is 13.8 Å². The number of amides is 1. The highest BCUT2D eigenvalue weighted by Crippen LogP contribution is 2.14. The lowest BCUT2D eigenvalue weighted by molar-refractivity contribution is 0.104. The lowest BCUT2D eigenvalue weighted by Gasteiger charge is -2.16. The number of nitrogens with zero attached hydrogens (tertiary/aromatic N) is 1. The van der Waals surface area contributed by atoms with Gasteiger partial charge in [-0.3, -0.25) is 4.18 Å².